The number of sulfonamides is 1. The largest absolute Gasteiger partial charge is 0.354 e. The van der Waals surface area contributed by atoms with Crippen molar-refractivity contribution in [2.75, 3.05) is 18.8 Å². The van der Waals surface area contributed by atoms with E-state index in [9.17, 15) is 13.2 Å². The molecule has 0 fully saturated rings. The van der Waals surface area contributed by atoms with Crippen LogP contribution < -0.4 is 5.32 Å². The van der Waals surface area contributed by atoms with E-state index in [0.717, 1.165) is 21.4 Å². The average molecular weight is 538 g/mol. The molecule has 0 atom stereocenters. The first-order valence-corrected chi connectivity index (χ1v) is 13.1. The fraction of sp³-hybridized carbons (Fsp3) is 0.286. The van der Waals surface area contributed by atoms with Gasteiger partial charge in [0.2, 0.25) is 21.1 Å². The number of nitrogens with one attached hydrogen (secondary N) is 2. The highest BCUT2D eigenvalue weighted by Gasteiger charge is 2.27. The van der Waals surface area contributed by atoms with Gasteiger partial charge in [-0.25, -0.2) is 13.4 Å². The summed E-state index contributed by atoms with van der Waals surface area (Å²) in [5.74, 6) is 0.923. The van der Waals surface area contributed by atoms with Gasteiger partial charge in [0.05, 0.1) is 11.4 Å². The molecule has 0 saturated carbocycles. The number of H-pyrrole nitrogens is 1. The summed E-state index contributed by atoms with van der Waals surface area (Å²) in [5, 5.41) is 10.2. The minimum Gasteiger partial charge on any atom is -0.354 e. The maximum absolute atomic E-state index is 13.3. The van der Waals surface area contributed by atoms with Crippen LogP contribution in [0.4, 0.5) is 0 Å². The lowest BCUT2D eigenvalue weighted by Gasteiger charge is -2.22. The Hall–Kier alpha value is -2.21. The molecule has 170 valence electrons. The first-order valence-electron chi connectivity index (χ1n) is 9.84. The molecule has 3 aromatic rings. The Bertz CT molecular complexity index is 1150. The number of aromatic nitrogens is 3. The predicted octanol–water partition coefficient (Wildman–Crippen LogP) is 3.28. The minimum atomic E-state index is -3.87. The van der Waals surface area contributed by atoms with Gasteiger partial charge in [0.25, 0.3) is 0 Å². The summed E-state index contributed by atoms with van der Waals surface area (Å²) in [4.78, 5) is 16.9. The second-order valence-electron chi connectivity index (χ2n) is 7.11. The van der Waals surface area contributed by atoms with E-state index >= 15 is 0 Å². The van der Waals surface area contributed by atoms with Crippen molar-refractivity contribution >= 4 is 43.6 Å². The molecule has 32 heavy (non-hydrogen) atoms. The molecule has 0 aliphatic rings. The third-order valence-electron chi connectivity index (χ3n) is 4.48. The number of benzene rings is 2. The molecule has 2 N–H and O–H groups in total. The number of nitrogens with zero attached hydrogens (tertiary/aromatic N) is 3. The predicted molar refractivity (Wildman–Crippen MR) is 128 cm³/mol. The molecule has 0 aliphatic carbocycles. The van der Waals surface area contributed by atoms with Gasteiger partial charge in [-0.05, 0) is 43.7 Å². The van der Waals surface area contributed by atoms with Crippen molar-refractivity contribution in [2.24, 2.45) is 0 Å². The van der Waals surface area contributed by atoms with E-state index < -0.39 is 10.0 Å². The quantitative estimate of drug-likeness (QED) is 0.303. The fourth-order valence-corrected chi connectivity index (χ4v) is 5.16. The second-order valence-corrected chi connectivity index (χ2v) is 11.0. The van der Waals surface area contributed by atoms with Gasteiger partial charge in [-0.2, -0.15) is 4.31 Å². The summed E-state index contributed by atoms with van der Waals surface area (Å²) < 4.78 is 28.5. The van der Waals surface area contributed by atoms with Gasteiger partial charge in [-0.1, -0.05) is 57.5 Å². The lowest BCUT2D eigenvalue weighted by atomic mass is 10.1. The van der Waals surface area contributed by atoms with Crippen LogP contribution in [0.5, 0.6) is 0 Å². The van der Waals surface area contributed by atoms with Crippen LogP contribution in [-0.4, -0.2) is 52.7 Å². The van der Waals surface area contributed by atoms with Crippen LogP contribution in [0.25, 0.3) is 0 Å². The van der Waals surface area contributed by atoms with E-state index in [1.54, 1.807) is 12.1 Å². The maximum atomic E-state index is 13.3. The molecule has 0 bridgehead atoms. The molecule has 0 saturated heterocycles. The lowest BCUT2D eigenvalue weighted by Crippen LogP contribution is -2.40. The molecular formula is C21H24BrN5O3S2. The molecule has 1 amide bonds. The number of carbonyl (C=O) groups is 1. The normalized spacial score (nSPS) is 11.6. The van der Waals surface area contributed by atoms with Crippen LogP contribution in [0.1, 0.15) is 17.0 Å². The highest BCUT2D eigenvalue weighted by molar-refractivity contribution is 9.10. The number of aromatic amines is 1. The van der Waals surface area contributed by atoms with Crippen molar-refractivity contribution in [1.82, 2.24) is 24.8 Å². The van der Waals surface area contributed by atoms with Crippen LogP contribution in [-0.2, 0) is 21.4 Å². The fourth-order valence-electron chi connectivity index (χ4n) is 2.81. The summed E-state index contributed by atoms with van der Waals surface area (Å²) in [7, 11) is -3.87. The van der Waals surface area contributed by atoms with Gasteiger partial charge >= 0.3 is 0 Å². The van der Waals surface area contributed by atoms with Gasteiger partial charge in [-0.15, -0.1) is 5.10 Å². The topological polar surface area (TPSA) is 108 Å². The first kappa shape index (κ1) is 24.4. The Morgan fingerprint density at radius 1 is 1.12 bits per heavy atom. The van der Waals surface area contributed by atoms with E-state index in [2.05, 4.69) is 36.4 Å². The molecule has 0 spiro atoms. The molecule has 0 unspecified atom stereocenters. The summed E-state index contributed by atoms with van der Waals surface area (Å²) in [6.45, 7) is 3.96. The van der Waals surface area contributed by atoms with Crippen LogP contribution >= 0.6 is 27.7 Å². The second kappa shape index (κ2) is 11.1. The smallest absolute Gasteiger partial charge is 0.243 e. The summed E-state index contributed by atoms with van der Waals surface area (Å²) in [6.07, 6.45) is 0. The van der Waals surface area contributed by atoms with E-state index in [4.69, 9.17) is 0 Å². The van der Waals surface area contributed by atoms with Crippen LogP contribution in [0.15, 0.2) is 63.1 Å². The van der Waals surface area contributed by atoms with Crippen molar-refractivity contribution in [3.63, 3.8) is 0 Å². The molecular weight excluding hydrogens is 514 g/mol. The van der Waals surface area contributed by atoms with Crippen molar-refractivity contribution in [2.45, 2.75) is 30.4 Å². The lowest BCUT2D eigenvalue weighted by molar-refractivity contribution is -0.121. The number of hydrogen-bond donors (Lipinski definition) is 2. The van der Waals surface area contributed by atoms with Gasteiger partial charge in [0, 0.05) is 23.3 Å². The Balaban J connectivity index is 1.67. The van der Waals surface area contributed by atoms with Crippen molar-refractivity contribution < 1.29 is 13.2 Å². The van der Waals surface area contributed by atoms with Crippen LogP contribution in [0.3, 0.4) is 0 Å². The van der Waals surface area contributed by atoms with E-state index in [1.165, 1.54) is 28.2 Å². The Kier molecular flexibility index (Phi) is 8.46. The monoisotopic (exact) mass is 537 g/mol. The van der Waals surface area contributed by atoms with Gasteiger partial charge in [0.15, 0.2) is 0 Å². The summed E-state index contributed by atoms with van der Waals surface area (Å²) >= 11 is 4.72. The SMILES string of the molecule is Cc1ccc(CN(CC(=O)NCCSc2n[nH]c(C)n2)S(=O)(=O)c2ccc(Br)cc2)cc1. The molecule has 1 aromatic heterocycles. The molecule has 2 aromatic carbocycles. The highest BCUT2D eigenvalue weighted by atomic mass is 79.9. The standard InChI is InChI=1S/C21H24BrN5O3S2/c1-15-3-5-17(6-4-15)13-27(32(29,30)19-9-7-18(22)8-10-19)14-20(28)23-11-12-31-21-24-16(2)25-26-21/h3-10H,11-14H2,1-2H3,(H,23,28)(H,24,25,26). The van der Waals surface area contributed by atoms with E-state index in [0.29, 0.717) is 17.5 Å². The number of carbonyl (C=O) groups excluding carboxylic acids is 1. The Morgan fingerprint density at radius 2 is 1.81 bits per heavy atom. The number of rotatable bonds is 10. The zero-order valence-electron chi connectivity index (χ0n) is 17.7. The first-order chi connectivity index (χ1) is 15.2. The van der Waals surface area contributed by atoms with E-state index in [-0.39, 0.29) is 23.9 Å². The number of amides is 1. The minimum absolute atomic E-state index is 0.0946. The van der Waals surface area contributed by atoms with Crippen LogP contribution in [0.2, 0.25) is 0 Å². The zero-order chi connectivity index (χ0) is 23.1. The highest BCUT2D eigenvalue weighted by Crippen LogP contribution is 2.21. The summed E-state index contributed by atoms with van der Waals surface area (Å²) in [6, 6.07) is 13.9. The number of aryl methyl sites for hydroxylation is 2. The van der Waals surface area contributed by atoms with Gasteiger partial charge in [0.1, 0.15) is 5.82 Å². The zero-order valence-corrected chi connectivity index (χ0v) is 20.9. The number of thioether (sulfide) groups is 1. The van der Waals surface area contributed by atoms with Crippen molar-refractivity contribution in [1.29, 1.82) is 0 Å². The number of halogens is 1. The average Bonchev–Trinajstić information content (AvgIpc) is 3.17. The summed E-state index contributed by atoms with van der Waals surface area (Å²) in [5.41, 5.74) is 1.88. The molecule has 0 radical (unpaired) electrons. The molecule has 0 aliphatic heterocycles. The van der Waals surface area contributed by atoms with Crippen molar-refractivity contribution in [3.05, 3.63) is 70.0 Å². The Morgan fingerprint density at radius 3 is 2.44 bits per heavy atom. The molecule has 1 heterocycles. The van der Waals surface area contributed by atoms with Crippen LogP contribution in [0, 0.1) is 13.8 Å². The third-order valence-corrected chi connectivity index (χ3v) is 7.67. The molecule has 11 heteroatoms. The molecule has 3 rings (SSSR count). The van der Waals surface area contributed by atoms with Crippen molar-refractivity contribution in [3.8, 4) is 0 Å². The van der Waals surface area contributed by atoms with Gasteiger partial charge < -0.3 is 5.32 Å². The van der Waals surface area contributed by atoms with Gasteiger partial charge in [-0.3, -0.25) is 9.89 Å². The Labute approximate surface area is 200 Å². The van der Waals surface area contributed by atoms with E-state index in [1.807, 2.05) is 38.1 Å². The maximum Gasteiger partial charge on any atom is 0.243 e. The molecule has 8 nitrogen and oxygen atoms in total. The third kappa shape index (κ3) is 6.89. The number of hydrogen-bond acceptors (Lipinski definition) is 6.